The summed E-state index contributed by atoms with van der Waals surface area (Å²) < 4.78 is 11.4. The monoisotopic (exact) mass is 308 g/mol. The zero-order chi connectivity index (χ0) is 16.5. The summed E-state index contributed by atoms with van der Waals surface area (Å²) in [6.07, 6.45) is 0. The largest absolute Gasteiger partial charge is 0.467 e. The SMILES string of the molecule is COC(=O)C(C)(O[Si](C)(C)C(C)(C)C)c1ccc(C)cc1. The zero-order valence-corrected chi connectivity index (χ0v) is 15.5. The first-order valence-electron chi connectivity index (χ1n) is 7.30. The lowest BCUT2D eigenvalue weighted by molar-refractivity contribution is -0.159. The van der Waals surface area contributed by atoms with Crippen molar-refractivity contribution < 1.29 is 14.0 Å². The van der Waals surface area contributed by atoms with Crippen molar-refractivity contribution in [3.8, 4) is 0 Å². The van der Waals surface area contributed by atoms with Crippen molar-refractivity contribution in [3.05, 3.63) is 35.4 Å². The first-order chi connectivity index (χ1) is 9.44. The number of aryl methyl sites for hydroxylation is 1. The Bertz CT molecular complexity index is 500. The van der Waals surface area contributed by atoms with Crippen molar-refractivity contribution in [2.45, 2.75) is 58.4 Å². The van der Waals surface area contributed by atoms with E-state index in [1.165, 1.54) is 7.11 Å². The molecule has 118 valence electrons. The molecule has 1 aromatic carbocycles. The standard InChI is InChI=1S/C17H28O3Si/c1-13-9-11-14(12-10-13)17(5,15(18)19-6)20-21(7,8)16(2,3)4/h9-12H,1-8H3. The second-order valence-electron chi connectivity index (χ2n) is 7.25. The molecule has 0 saturated heterocycles. The van der Waals surface area contributed by atoms with Crippen LogP contribution in [0.4, 0.5) is 0 Å². The van der Waals surface area contributed by atoms with Crippen molar-refractivity contribution in [1.29, 1.82) is 0 Å². The lowest BCUT2D eigenvalue weighted by Crippen LogP contribution is -2.50. The lowest BCUT2D eigenvalue weighted by atomic mass is 9.95. The summed E-state index contributed by atoms with van der Waals surface area (Å²) in [5, 5.41) is 0.0208. The summed E-state index contributed by atoms with van der Waals surface area (Å²) in [6, 6.07) is 7.87. The van der Waals surface area contributed by atoms with Crippen LogP contribution in [0.15, 0.2) is 24.3 Å². The van der Waals surface area contributed by atoms with Gasteiger partial charge in [-0.15, -0.1) is 0 Å². The van der Waals surface area contributed by atoms with Gasteiger partial charge in [0.1, 0.15) is 0 Å². The van der Waals surface area contributed by atoms with Gasteiger partial charge < -0.3 is 9.16 Å². The molecule has 1 unspecified atom stereocenters. The molecule has 0 fully saturated rings. The summed E-state index contributed by atoms with van der Waals surface area (Å²) in [5.41, 5.74) is 0.925. The minimum Gasteiger partial charge on any atom is -0.467 e. The molecule has 0 aliphatic rings. The molecule has 0 heterocycles. The highest BCUT2D eigenvalue weighted by molar-refractivity contribution is 6.74. The number of methoxy groups -OCH3 is 1. The molecule has 0 bridgehead atoms. The molecule has 3 nitrogen and oxygen atoms in total. The summed E-state index contributed by atoms with van der Waals surface area (Å²) in [5.74, 6) is -0.351. The molecule has 0 spiro atoms. The van der Waals surface area contributed by atoms with E-state index in [4.69, 9.17) is 9.16 Å². The molecule has 0 aromatic heterocycles. The van der Waals surface area contributed by atoms with Crippen LogP contribution in [-0.2, 0) is 19.6 Å². The van der Waals surface area contributed by atoms with Crippen molar-refractivity contribution in [3.63, 3.8) is 0 Å². The number of benzene rings is 1. The maximum absolute atomic E-state index is 12.4. The van der Waals surface area contributed by atoms with Crippen LogP contribution in [0.3, 0.4) is 0 Å². The molecule has 0 aliphatic carbocycles. The highest BCUT2D eigenvalue weighted by Crippen LogP contribution is 2.42. The molecular weight excluding hydrogens is 280 g/mol. The van der Waals surface area contributed by atoms with Crippen LogP contribution in [-0.4, -0.2) is 21.4 Å². The van der Waals surface area contributed by atoms with Gasteiger partial charge in [-0.1, -0.05) is 50.6 Å². The summed E-state index contributed by atoms with van der Waals surface area (Å²) in [7, 11) is -0.710. The first kappa shape index (κ1) is 17.9. The third-order valence-electron chi connectivity index (χ3n) is 4.44. The van der Waals surface area contributed by atoms with Gasteiger partial charge in [0.05, 0.1) is 7.11 Å². The molecule has 0 N–H and O–H groups in total. The Kier molecular flexibility index (Phi) is 5.06. The molecule has 0 amide bonds. The normalized spacial score (nSPS) is 15.4. The van der Waals surface area contributed by atoms with Crippen LogP contribution in [0.5, 0.6) is 0 Å². The fourth-order valence-corrected chi connectivity index (χ4v) is 3.48. The number of hydrogen-bond donors (Lipinski definition) is 0. The van der Waals surface area contributed by atoms with Crippen LogP contribution in [0.1, 0.15) is 38.8 Å². The van der Waals surface area contributed by atoms with Gasteiger partial charge >= 0.3 is 5.97 Å². The fourth-order valence-electron chi connectivity index (χ4n) is 1.95. The Labute approximate surface area is 129 Å². The molecule has 21 heavy (non-hydrogen) atoms. The van der Waals surface area contributed by atoms with Gasteiger partial charge in [0.25, 0.3) is 0 Å². The lowest BCUT2D eigenvalue weighted by Gasteiger charge is -2.42. The summed E-state index contributed by atoms with van der Waals surface area (Å²) in [6.45, 7) is 14.6. The van der Waals surface area contributed by atoms with Gasteiger partial charge in [-0.3, -0.25) is 0 Å². The Morgan fingerprint density at radius 1 is 1.05 bits per heavy atom. The van der Waals surface area contributed by atoms with E-state index in [1.807, 2.05) is 38.1 Å². The molecule has 0 saturated carbocycles. The Balaban J connectivity index is 3.29. The number of carbonyl (C=O) groups is 1. The minimum atomic E-state index is -2.12. The van der Waals surface area contributed by atoms with Crippen molar-refractivity contribution in [1.82, 2.24) is 0 Å². The first-order valence-corrected chi connectivity index (χ1v) is 10.2. The van der Waals surface area contributed by atoms with E-state index in [1.54, 1.807) is 0 Å². The highest BCUT2D eigenvalue weighted by Gasteiger charge is 2.47. The third kappa shape index (κ3) is 3.74. The molecule has 4 heteroatoms. The summed E-state index contributed by atoms with van der Waals surface area (Å²) >= 11 is 0. The number of esters is 1. The predicted octanol–water partition coefficient (Wildman–Crippen LogP) is 4.41. The highest BCUT2D eigenvalue weighted by atomic mass is 28.4. The maximum Gasteiger partial charge on any atom is 0.341 e. The van der Waals surface area contributed by atoms with E-state index in [2.05, 4.69) is 33.9 Å². The molecule has 1 rings (SSSR count). The van der Waals surface area contributed by atoms with Crippen LogP contribution in [0, 0.1) is 6.92 Å². The Morgan fingerprint density at radius 2 is 1.52 bits per heavy atom. The average molecular weight is 308 g/mol. The summed E-state index contributed by atoms with van der Waals surface area (Å²) in [4.78, 5) is 12.4. The molecular formula is C17H28O3Si. The fraction of sp³-hybridized carbons (Fsp3) is 0.588. The smallest absolute Gasteiger partial charge is 0.341 e. The molecule has 0 radical (unpaired) electrons. The van der Waals surface area contributed by atoms with E-state index in [0.29, 0.717) is 0 Å². The quantitative estimate of drug-likeness (QED) is 0.610. The van der Waals surface area contributed by atoms with Gasteiger partial charge in [-0.05, 0) is 37.5 Å². The molecule has 1 atom stereocenters. The van der Waals surface area contributed by atoms with E-state index < -0.39 is 13.9 Å². The van der Waals surface area contributed by atoms with Crippen molar-refractivity contribution in [2.24, 2.45) is 0 Å². The predicted molar refractivity (Wildman–Crippen MR) is 88.8 cm³/mol. The maximum atomic E-state index is 12.4. The van der Waals surface area contributed by atoms with Crippen molar-refractivity contribution in [2.75, 3.05) is 7.11 Å². The van der Waals surface area contributed by atoms with Gasteiger partial charge in [-0.25, -0.2) is 4.79 Å². The van der Waals surface area contributed by atoms with E-state index in [-0.39, 0.29) is 11.0 Å². The topological polar surface area (TPSA) is 35.5 Å². The van der Waals surface area contributed by atoms with Crippen LogP contribution < -0.4 is 0 Å². The van der Waals surface area contributed by atoms with Crippen LogP contribution in [0.25, 0.3) is 0 Å². The van der Waals surface area contributed by atoms with Gasteiger partial charge in [0.15, 0.2) is 13.9 Å². The van der Waals surface area contributed by atoms with Gasteiger partial charge in [0, 0.05) is 0 Å². The number of carbonyl (C=O) groups excluding carboxylic acids is 1. The Morgan fingerprint density at radius 3 is 1.90 bits per heavy atom. The van der Waals surface area contributed by atoms with Gasteiger partial charge in [-0.2, -0.15) is 0 Å². The van der Waals surface area contributed by atoms with E-state index in [0.717, 1.165) is 11.1 Å². The molecule has 1 aromatic rings. The zero-order valence-electron chi connectivity index (χ0n) is 14.5. The number of hydrogen-bond acceptors (Lipinski definition) is 3. The van der Waals surface area contributed by atoms with E-state index >= 15 is 0 Å². The Hall–Kier alpha value is -1.13. The second-order valence-corrected chi connectivity index (χ2v) is 12.0. The third-order valence-corrected chi connectivity index (χ3v) is 8.97. The van der Waals surface area contributed by atoms with Crippen LogP contribution in [0.2, 0.25) is 18.1 Å². The van der Waals surface area contributed by atoms with Crippen LogP contribution >= 0.6 is 0 Å². The number of ether oxygens (including phenoxy) is 1. The van der Waals surface area contributed by atoms with E-state index in [9.17, 15) is 4.79 Å². The minimum absolute atomic E-state index is 0.0208. The second kappa shape index (κ2) is 5.93. The molecule has 0 aliphatic heterocycles. The van der Waals surface area contributed by atoms with Crippen molar-refractivity contribution >= 4 is 14.3 Å². The van der Waals surface area contributed by atoms with Gasteiger partial charge in [0.2, 0.25) is 0 Å². The number of rotatable bonds is 4. The average Bonchev–Trinajstić information content (AvgIpc) is 2.36.